The van der Waals surface area contributed by atoms with Crippen LogP contribution < -0.4 is 10.1 Å². The summed E-state index contributed by atoms with van der Waals surface area (Å²) in [5.41, 5.74) is 1.93. The van der Waals surface area contributed by atoms with Crippen LogP contribution in [0.4, 0.5) is 5.69 Å². The van der Waals surface area contributed by atoms with Gasteiger partial charge in [-0.3, -0.25) is 4.79 Å². The van der Waals surface area contributed by atoms with Crippen LogP contribution in [-0.4, -0.2) is 17.6 Å². The van der Waals surface area contributed by atoms with Crippen molar-refractivity contribution < 1.29 is 14.6 Å². The predicted molar refractivity (Wildman–Crippen MR) is 75.8 cm³/mol. The van der Waals surface area contributed by atoms with Crippen LogP contribution >= 0.6 is 11.3 Å². The molecule has 100 valence electrons. The van der Waals surface area contributed by atoms with E-state index in [2.05, 4.69) is 5.32 Å². The number of nitrogens with one attached hydrogen (secondary N) is 1. The van der Waals surface area contributed by atoms with Crippen molar-refractivity contribution in [1.29, 1.82) is 0 Å². The van der Waals surface area contributed by atoms with Crippen molar-refractivity contribution >= 4 is 22.9 Å². The van der Waals surface area contributed by atoms with Gasteiger partial charge in [0.05, 0.1) is 18.8 Å². The van der Waals surface area contributed by atoms with Gasteiger partial charge in [-0.15, -0.1) is 0 Å². The molecule has 0 aliphatic heterocycles. The molecule has 2 N–H and O–H groups in total. The minimum Gasteiger partial charge on any atom is -0.494 e. The molecule has 0 aliphatic carbocycles. The average Bonchev–Trinajstić information content (AvgIpc) is 2.94. The Morgan fingerprint density at radius 2 is 2.26 bits per heavy atom. The fourth-order valence-electron chi connectivity index (χ4n) is 1.67. The van der Waals surface area contributed by atoms with Crippen molar-refractivity contribution in [2.45, 2.75) is 13.5 Å². The van der Waals surface area contributed by atoms with Gasteiger partial charge in [0.1, 0.15) is 5.75 Å². The van der Waals surface area contributed by atoms with Crippen LogP contribution in [0.1, 0.15) is 22.8 Å². The lowest BCUT2D eigenvalue weighted by molar-refractivity contribution is 0.102. The van der Waals surface area contributed by atoms with Gasteiger partial charge in [0.25, 0.3) is 5.91 Å². The number of hydrogen-bond donors (Lipinski definition) is 2. The highest BCUT2D eigenvalue weighted by atomic mass is 32.1. The molecule has 5 heteroatoms. The van der Waals surface area contributed by atoms with E-state index < -0.39 is 0 Å². The number of rotatable bonds is 5. The van der Waals surface area contributed by atoms with E-state index in [1.807, 2.05) is 12.3 Å². The number of aliphatic hydroxyl groups is 1. The highest BCUT2D eigenvalue weighted by molar-refractivity contribution is 7.08. The molecular formula is C14H15NO3S. The molecule has 0 atom stereocenters. The number of anilines is 1. The monoisotopic (exact) mass is 277 g/mol. The lowest BCUT2D eigenvalue weighted by Gasteiger charge is -2.11. The second-order valence-corrected chi connectivity index (χ2v) is 4.66. The van der Waals surface area contributed by atoms with E-state index in [-0.39, 0.29) is 12.5 Å². The molecule has 1 aromatic heterocycles. The van der Waals surface area contributed by atoms with Crippen LogP contribution in [0.5, 0.6) is 5.75 Å². The minimum atomic E-state index is -0.158. The zero-order valence-corrected chi connectivity index (χ0v) is 11.4. The molecule has 1 heterocycles. The van der Waals surface area contributed by atoms with E-state index in [0.717, 1.165) is 0 Å². The number of hydrogen-bond acceptors (Lipinski definition) is 4. The summed E-state index contributed by atoms with van der Waals surface area (Å²) in [7, 11) is 0. The van der Waals surface area contributed by atoms with Gasteiger partial charge in [-0.1, -0.05) is 0 Å². The van der Waals surface area contributed by atoms with Crippen LogP contribution in [0.2, 0.25) is 0 Å². The SMILES string of the molecule is CCOc1ccc(NC(=O)c2ccsc2)cc1CO. The maximum Gasteiger partial charge on any atom is 0.256 e. The molecule has 0 saturated heterocycles. The minimum absolute atomic E-state index is 0.127. The van der Waals surface area contributed by atoms with Gasteiger partial charge in [0, 0.05) is 16.6 Å². The van der Waals surface area contributed by atoms with Gasteiger partial charge in [-0.05, 0) is 36.6 Å². The summed E-state index contributed by atoms with van der Waals surface area (Å²) in [6, 6.07) is 6.99. The van der Waals surface area contributed by atoms with Gasteiger partial charge < -0.3 is 15.2 Å². The molecular weight excluding hydrogens is 262 g/mol. The van der Waals surface area contributed by atoms with E-state index in [9.17, 15) is 9.90 Å². The zero-order valence-electron chi connectivity index (χ0n) is 10.6. The maximum absolute atomic E-state index is 11.9. The third-order valence-electron chi connectivity index (χ3n) is 2.57. The summed E-state index contributed by atoms with van der Waals surface area (Å²) in [6.07, 6.45) is 0. The number of aliphatic hydroxyl groups excluding tert-OH is 1. The van der Waals surface area contributed by atoms with Crippen molar-refractivity contribution in [3.8, 4) is 5.75 Å². The number of thiophene rings is 1. The Morgan fingerprint density at radius 3 is 2.89 bits per heavy atom. The standard InChI is InChI=1S/C14H15NO3S/c1-2-18-13-4-3-12(7-11(13)8-16)15-14(17)10-5-6-19-9-10/h3-7,9,16H,2,8H2,1H3,(H,15,17). The maximum atomic E-state index is 11.9. The predicted octanol–water partition coefficient (Wildman–Crippen LogP) is 2.89. The fourth-order valence-corrected chi connectivity index (χ4v) is 2.31. The Kier molecular flexibility index (Phi) is 4.54. The quantitative estimate of drug-likeness (QED) is 0.883. The first-order valence-corrected chi connectivity index (χ1v) is 6.89. The number of carbonyl (C=O) groups excluding carboxylic acids is 1. The summed E-state index contributed by atoms with van der Waals surface area (Å²) in [5, 5.41) is 15.7. The zero-order chi connectivity index (χ0) is 13.7. The first-order chi connectivity index (χ1) is 9.24. The third-order valence-corrected chi connectivity index (χ3v) is 3.26. The van der Waals surface area contributed by atoms with Crippen LogP contribution in [0.15, 0.2) is 35.0 Å². The summed E-state index contributed by atoms with van der Waals surface area (Å²) in [6.45, 7) is 2.29. The molecule has 0 radical (unpaired) electrons. The molecule has 19 heavy (non-hydrogen) atoms. The van der Waals surface area contributed by atoms with Crippen LogP contribution in [-0.2, 0) is 6.61 Å². The molecule has 4 nitrogen and oxygen atoms in total. The summed E-state index contributed by atoms with van der Waals surface area (Å²) < 4.78 is 5.39. The first kappa shape index (κ1) is 13.6. The third kappa shape index (κ3) is 3.33. The fraction of sp³-hybridized carbons (Fsp3) is 0.214. The number of ether oxygens (including phenoxy) is 1. The highest BCUT2D eigenvalue weighted by Gasteiger charge is 2.09. The van der Waals surface area contributed by atoms with E-state index in [0.29, 0.717) is 29.2 Å². The lowest BCUT2D eigenvalue weighted by atomic mass is 10.2. The van der Waals surface area contributed by atoms with Gasteiger partial charge in [0.2, 0.25) is 0 Å². The second-order valence-electron chi connectivity index (χ2n) is 3.88. The van der Waals surface area contributed by atoms with E-state index in [1.165, 1.54) is 11.3 Å². The van der Waals surface area contributed by atoms with Gasteiger partial charge >= 0.3 is 0 Å². The van der Waals surface area contributed by atoms with Crippen LogP contribution in [0, 0.1) is 0 Å². The first-order valence-electron chi connectivity index (χ1n) is 5.94. The summed E-state index contributed by atoms with van der Waals surface area (Å²) in [5.74, 6) is 0.479. The van der Waals surface area contributed by atoms with Gasteiger partial charge in [0.15, 0.2) is 0 Å². The Hall–Kier alpha value is -1.85. The summed E-state index contributed by atoms with van der Waals surface area (Å²) >= 11 is 1.47. The van der Waals surface area contributed by atoms with E-state index in [1.54, 1.807) is 29.6 Å². The molecule has 0 spiro atoms. The number of carbonyl (C=O) groups is 1. The Morgan fingerprint density at radius 1 is 1.42 bits per heavy atom. The molecule has 1 amide bonds. The smallest absolute Gasteiger partial charge is 0.256 e. The van der Waals surface area contributed by atoms with Gasteiger partial charge in [-0.2, -0.15) is 11.3 Å². The highest BCUT2D eigenvalue weighted by Crippen LogP contribution is 2.23. The van der Waals surface area contributed by atoms with Crippen molar-refractivity contribution in [3.05, 3.63) is 46.2 Å². The largest absolute Gasteiger partial charge is 0.494 e. The van der Waals surface area contributed by atoms with Crippen LogP contribution in [0.3, 0.4) is 0 Å². The molecule has 0 aliphatic rings. The Labute approximate surface area is 115 Å². The topological polar surface area (TPSA) is 58.6 Å². The molecule has 0 fully saturated rings. The van der Waals surface area contributed by atoms with Crippen molar-refractivity contribution in [2.75, 3.05) is 11.9 Å². The summed E-state index contributed by atoms with van der Waals surface area (Å²) in [4.78, 5) is 11.9. The lowest BCUT2D eigenvalue weighted by Crippen LogP contribution is -2.11. The van der Waals surface area contributed by atoms with Crippen molar-refractivity contribution in [2.24, 2.45) is 0 Å². The second kappa shape index (κ2) is 6.36. The Bertz CT molecular complexity index is 552. The Balaban J connectivity index is 2.15. The molecule has 0 unspecified atom stereocenters. The molecule has 1 aromatic carbocycles. The average molecular weight is 277 g/mol. The normalized spacial score (nSPS) is 10.2. The van der Waals surface area contributed by atoms with E-state index >= 15 is 0 Å². The molecule has 0 saturated carbocycles. The van der Waals surface area contributed by atoms with E-state index in [4.69, 9.17) is 4.74 Å². The van der Waals surface area contributed by atoms with Crippen molar-refractivity contribution in [3.63, 3.8) is 0 Å². The van der Waals surface area contributed by atoms with Crippen LogP contribution in [0.25, 0.3) is 0 Å². The molecule has 2 rings (SSSR count). The van der Waals surface area contributed by atoms with Gasteiger partial charge in [-0.25, -0.2) is 0 Å². The van der Waals surface area contributed by atoms with Crippen molar-refractivity contribution in [1.82, 2.24) is 0 Å². The number of benzene rings is 1. The number of amides is 1. The molecule has 2 aromatic rings. The molecule has 0 bridgehead atoms.